The van der Waals surface area contributed by atoms with E-state index in [4.69, 9.17) is 22.1 Å². The average Bonchev–Trinajstić information content (AvgIpc) is 2.50. The fourth-order valence-electron chi connectivity index (χ4n) is 2.07. The lowest BCUT2D eigenvalue weighted by molar-refractivity contribution is 0.0571. The topological polar surface area (TPSA) is 48.1 Å². The summed E-state index contributed by atoms with van der Waals surface area (Å²) >= 11 is 6.16. The quantitative estimate of drug-likeness (QED) is 0.795. The van der Waals surface area contributed by atoms with Crippen LogP contribution in [0.25, 0.3) is 0 Å². The molecule has 0 radical (unpaired) electrons. The zero-order valence-electron chi connectivity index (χ0n) is 11.3. The first-order valence-corrected chi connectivity index (χ1v) is 7.14. The molecule has 0 saturated heterocycles. The van der Waals surface area contributed by atoms with Gasteiger partial charge in [-0.05, 0) is 36.6 Å². The van der Waals surface area contributed by atoms with E-state index in [2.05, 4.69) is 4.98 Å². The molecule has 4 heteroatoms. The number of halogens is 1. The van der Waals surface area contributed by atoms with Crippen LogP contribution in [0.3, 0.4) is 0 Å². The van der Waals surface area contributed by atoms with Crippen molar-refractivity contribution in [2.24, 2.45) is 5.73 Å². The molecule has 2 rings (SSSR count). The van der Waals surface area contributed by atoms with Gasteiger partial charge in [-0.25, -0.2) is 0 Å². The van der Waals surface area contributed by atoms with Crippen LogP contribution in [0.4, 0.5) is 0 Å². The van der Waals surface area contributed by atoms with Crippen molar-refractivity contribution in [3.8, 4) is 0 Å². The van der Waals surface area contributed by atoms with Crippen molar-refractivity contribution in [3.05, 3.63) is 64.9 Å². The smallest absolute Gasteiger partial charge is 0.0961 e. The summed E-state index contributed by atoms with van der Waals surface area (Å²) in [6.45, 7) is 1.09. The van der Waals surface area contributed by atoms with E-state index in [-0.39, 0.29) is 6.10 Å². The number of nitrogens with two attached hydrogens (primary N) is 1. The number of hydrogen-bond donors (Lipinski definition) is 1. The van der Waals surface area contributed by atoms with Gasteiger partial charge in [0.15, 0.2) is 0 Å². The van der Waals surface area contributed by atoms with E-state index in [0.29, 0.717) is 18.2 Å². The van der Waals surface area contributed by atoms with Gasteiger partial charge in [0.2, 0.25) is 0 Å². The molecule has 1 heterocycles. The third-order valence-corrected chi connectivity index (χ3v) is 3.49. The number of aromatic nitrogens is 1. The lowest BCUT2D eigenvalue weighted by atomic mass is 10.1. The second-order valence-electron chi connectivity index (χ2n) is 4.58. The molecule has 3 nitrogen and oxygen atoms in total. The maximum Gasteiger partial charge on any atom is 0.0961 e. The Morgan fingerprint density at radius 1 is 1.15 bits per heavy atom. The molecule has 106 valence electrons. The van der Waals surface area contributed by atoms with E-state index >= 15 is 0 Å². The van der Waals surface area contributed by atoms with Crippen molar-refractivity contribution in [1.29, 1.82) is 0 Å². The fraction of sp³-hybridized carbons (Fsp3) is 0.312. The van der Waals surface area contributed by atoms with Crippen LogP contribution < -0.4 is 5.73 Å². The monoisotopic (exact) mass is 290 g/mol. The van der Waals surface area contributed by atoms with Crippen molar-refractivity contribution >= 4 is 11.6 Å². The Bertz CT molecular complexity index is 519. The first-order chi connectivity index (χ1) is 9.81. The van der Waals surface area contributed by atoms with Crippen LogP contribution in [-0.2, 0) is 11.2 Å². The predicted molar refractivity (Wildman–Crippen MR) is 81.8 cm³/mol. The van der Waals surface area contributed by atoms with Crippen LogP contribution in [0.5, 0.6) is 0 Å². The summed E-state index contributed by atoms with van der Waals surface area (Å²) in [7, 11) is 0. The number of pyridine rings is 1. The number of ether oxygens (including phenoxy) is 1. The Morgan fingerprint density at radius 3 is 2.60 bits per heavy atom. The van der Waals surface area contributed by atoms with Gasteiger partial charge in [-0.2, -0.15) is 0 Å². The largest absolute Gasteiger partial charge is 0.372 e. The summed E-state index contributed by atoms with van der Waals surface area (Å²) in [5.41, 5.74) is 8.00. The Labute approximate surface area is 124 Å². The van der Waals surface area contributed by atoms with E-state index in [0.717, 1.165) is 18.4 Å². The van der Waals surface area contributed by atoms with E-state index in [9.17, 15) is 0 Å². The molecule has 2 N–H and O–H groups in total. The van der Waals surface area contributed by atoms with Gasteiger partial charge < -0.3 is 10.5 Å². The van der Waals surface area contributed by atoms with Crippen molar-refractivity contribution < 1.29 is 4.74 Å². The zero-order chi connectivity index (χ0) is 14.2. The lowest BCUT2D eigenvalue weighted by Gasteiger charge is -2.17. The average molecular weight is 291 g/mol. The van der Waals surface area contributed by atoms with Gasteiger partial charge >= 0.3 is 0 Å². The highest BCUT2D eigenvalue weighted by Gasteiger charge is 2.12. The van der Waals surface area contributed by atoms with Crippen LogP contribution in [0.15, 0.2) is 48.8 Å². The molecule has 0 fully saturated rings. The highest BCUT2D eigenvalue weighted by Crippen LogP contribution is 2.24. The molecule has 0 spiro atoms. The van der Waals surface area contributed by atoms with Crippen molar-refractivity contribution in [1.82, 2.24) is 4.98 Å². The Kier molecular flexibility index (Phi) is 5.99. The Hall–Kier alpha value is -1.42. The highest BCUT2D eigenvalue weighted by atomic mass is 35.5. The maximum atomic E-state index is 6.16. The summed E-state index contributed by atoms with van der Waals surface area (Å²) in [4.78, 5) is 4.00. The Morgan fingerprint density at radius 2 is 1.90 bits per heavy atom. The molecule has 0 bridgehead atoms. The highest BCUT2D eigenvalue weighted by molar-refractivity contribution is 6.31. The van der Waals surface area contributed by atoms with Gasteiger partial charge in [0.1, 0.15) is 0 Å². The van der Waals surface area contributed by atoms with Gasteiger partial charge in [-0.1, -0.05) is 29.8 Å². The molecule has 1 unspecified atom stereocenters. The van der Waals surface area contributed by atoms with Gasteiger partial charge in [0.25, 0.3) is 0 Å². The summed E-state index contributed by atoms with van der Waals surface area (Å²) in [5.74, 6) is 0. The van der Waals surface area contributed by atoms with Crippen LogP contribution in [0.1, 0.15) is 23.7 Å². The minimum absolute atomic E-state index is 0.138. The second kappa shape index (κ2) is 8.00. The van der Waals surface area contributed by atoms with Crippen LogP contribution in [0.2, 0.25) is 5.02 Å². The summed E-state index contributed by atoms with van der Waals surface area (Å²) in [6.07, 6.45) is 5.40. The van der Waals surface area contributed by atoms with Crippen molar-refractivity contribution in [2.75, 3.05) is 13.2 Å². The third-order valence-electron chi connectivity index (χ3n) is 3.14. The molecule has 0 aliphatic heterocycles. The maximum absolute atomic E-state index is 6.16. The second-order valence-corrected chi connectivity index (χ2v) is 4.98. The standard InChI is InChI=1S/C16H19ClN2O/c17-15-6-2-1-5-14(15)16(12-18)20-11-3-4-13-7-9-19-10-8-13/h1-2,5-10,16H,3-4,11-12,18H2. The predicted octanol–water partition coefficient (Wildman–Crippen LogP) is 3.38. The van der Waals surface area contributed by atoms with Crippen molar-refractivity contribution in [3.63, 3.8) is 0 Å². The van der Waals surface area contributed by atoms with Crippen LogP contribution in [0, 0.1) is 0 Å². The number of rotatable bonds is 7. The first-order valence-electron chi connectivity index (χ1n) is 6.76. The van der Waals surface area contributed by atoms with Crippen LogP contribution in [-0.4, -0.2) is 18.1 Å². The molecule has 2 aromatic rings. The van der Waals surface area contributed by atoms with Crippen molar-refractivity contribution in [2.45, 2.75) is 18.9 Å². The SMILES string of the molecule is NCC(OCCCc1ccncc1)c1ccccc1Cl. The minimum atomic E-state index is -0.138. The van der Waals surface area contributed by atoms with Gasteiger partial charge in [-0.15, -0.1) is 0 Å². The summed E-state index contributed by atoms with van der Waals surface area (Å²) in [5, 5.41) is 0.706. The molecule has 1 aromatic heterocycles. The van der Waals surface area contributed by atoms with Gasteiger partial charge in [0, 0.05) is 36.1 Å². The molecule has 1 atom stereocenters. The lowest BCUT2D eigenvalue weighted by Crippen LogP contribution is -2.17. The van der Waals surface area contributed by atoms with E-state index in [1.165, 1.54) is 5.56 Å². The number of benzene rings is 1. The number of aryl methyl sites for hydroxylation is 1. The van der Waals surface area contributed by atoms with Crippen LogP contribution >= 0.6 is 11.6 Å². The minimum Gasteiger partial charge on any atom is -0.372 e. The molecule has 0 amide bonds. The van der Waals surface area contributed by atoms with E-state index < -0.39 is 0 Å². The first kappa shape index (κ1) is 15.0. The molecular formula is C16H19ClN2O. The molecule has 0 aliphatic carbocycles. The summed E-state index contributed by atoms with van der Waals surface area (Å²) < 4.78 is 5.85. The number of hydrogen-bond acceptors (Lipinski definition) is 3. The molecule has 0 aliphatic rings. The van der Waals surface area contributed by atoms with Gasteiger partial charge in [-0.3, -0.25) is 4.98 Å². The normalized spacial score (nSPS) is 12.3. The fourth-order valence-corrected chi connectivity index (χ4v) is 2.33. The number of nitrogens with zero attached hydrogens (tertiary/aromatic N) is 1. The Balaban J connectivity index is 1.81. The summed E-state index contributed by atoms with van der Waals surface area (Å²) in [6, 6.07) is 11.7. The molecule has 0 saturated carbocycles. The van der Waals surface area contributed by atoms with Gasteiger partial charge in [0.05, 0.1) is 6.10 Å². The molecular weight excluding hydrogens is 272 g/mol. The van der Waals surface area contributed by atoms with E-state index in [1.807, 2.05) is 48.8 Å². The third kappa shape index (κ3) is 4.30. The molecule has 20 heavy (non-hydrogen) atoms. The van der Waals surface area contributed by atoms with E-state index in [1.54, 1.807) is 0 Å². The zero-order valence-corrected chi connectivity index (χ0v) is 12.1. The molecule has 1 aromatic carbocycles.